The van der Waals surface area contributed by atoms with Gasteiger partial charge in [0.2, 0.25) is 5.91 Å². The number of anilines is 1. The molecule has 108 valence electrons. The van der Waals surface area contributed by atoms with Crippen LogP contribution in [0.2, 0.25) is 0 Å². The monoisotopic (exact) mass is 355 g/mol. The van der Waals surface area contributed by atoms with E-state index in [2.05, 4.69) is 20.8 Å². The highest BCUT2D eigenvalue weighted by molar-refractivity contribution is 9.10. The van der Waals surface area contributed by atoms with Crippen LogP contribution in [0.1, 0.15) is 18.9 Å². The Morgan fingerprint density at radius 3 is 2.70 bits per heavy atom. The standard InChI is InChI=1S/C14H18BrN3OS/c1-10(19)17-6-3-7-18(9-8-17)12-5-2-4-11(15)13(12)14(16)20/h2,4-5H,3,6-9H2,1H3,(H2,16,20). The summed E-state index contributed by atoms with van der Waals surface area (Å²) in [7, 11) is 0. The Morgan fingerprint density at radius 1 is 1.30 bits per heavy atom. The van der Waals surface area contributed by atoms with Crippen molar-refractivity contribution >= 4 is 44.7 Å². The highest BCUT2D eigenvalue weighted by Crippen LogP contribution is 2.28. The van der Waals surface area contributed by atoms with Gasteiger partial charge in [0.15, 0.2) is 0 Å². The number of thiocarbonyl (C=S) groups is 1. The molecule has 0 spiro atoms. The highest BCUT2D eigenvalue weighted by atomic mass is 79.9. The average Bonchev–Trinajstić information content (AvgIpc) is 2.63. The van der Waals surface area contributed by atoms with Crippen LogP contribution in [0.3, 0.4) is 0 Å². The Morgan fingerprint density at radius 2 is 2.05 bits per heavy atom. The molecule has 0 atom stereocenters. The molecule has 0 bridgehead atoms. The second-order valence-corrected chi connectivity index (χ2v) is 6.14. The normalized spacial score (nSPS) is 15.9. The molecule has 1 heterocycles. The lowest BCUT2D eigenvalue weighted by Crippen LogP contribution is -2.34. The fourth-order valence-electron chi connectivity index (χ4n) is 2.49. The molecule has 0 unspecified atom stereocenters. The molecule has 1 aromatic carbocycles. The topological polar surface area (TPSA) is 49.6 Å². The summed E-state index contributed by atoms with van der Waals surface area (Å²) in [5.74, 6) is 0.135. The van der Waals surface area contributed by atoms with E-state index in [0.29, 0.717) is 4.99 Å². The predicted octanol–water partition coefficient (Wildman–Crippen LogP) is 2.14. The first kappa shape index (κ1) is 15.3. The quantitative estimate of drug-likeness (QED) is 0.825. The van der Waals surface area contributed by atoms with E-state index in [9.17, 15) is 4.79 Å². The molecule has 0 saturated carbocycles. The summed E-state index contributed by atoms with van der Waals surface area (Å²) in [6.45, 7) is 4.86. The van der Waals surface area contributed by atoms with Crippen LogP contribution >= 0.6 is 28.1 Å². The Balaban J connectivity index is 2.26. The third-order valence-electron chi connectivity index (χ3n) is 3.52. The number of hydrogen-bond acceptors (Lipinski definition) is 3. The molecule has 0 aliphatic carbocycles. The molecule has 0 aromatic heterocycles. The van der Waals surface area contributed by atoms with Gasteiger partial charge in [-0.1, -0.05) is 18.3 Å². The summed E-state index contributed by atoms with van der Waals surface area (Å²) in [4.78, 5) is 16.0. The van der Waals surface area contributed by atoms with Gasteiger partial charge in [0.1, 0.15) is 4.99 Å². The fourth-order valence-corrected chi connectivity index (χ4v) is 3.41. The summed E-state index contributed by atoms with van der Waals surface area (Å²) < 4.78 is 0.912. The molecule has 1 saturated heterocycles. The molecule has 1 amide bonds. The molecule has 20 heavy (non-hydrogen) atoms. The Labute approximate surface area is 133 Å². The molecule has 1 aliphatic rings. The van der Waals surface area contributed by atoms with E-state index in [1.165, 1.54) is 0 Å². The lowest BCUT2D eigenvalue weighted by Gasteiger charge is -2.26. The maximum absolute atomic E-state index is 11.5. The zero-order valence-electron chi connectivity index (χ0n) is 11.4. The molecule has 1 fully saturated rings. The van der Waals surface area contributed by atoms with Crippen LogP contribution in [-0.4, -0.2) is 42.0 Å². The van der Waals surface area contributed by atoms with E-state index in [1.807, 2.05) is 23.1 Å². The summed E-state index contributed by atoms with van der Waals surface area (Å²) in [5, 5.41) is 0. The Kier molecular flexibility index (Phi) is 4.99. The van der Waals surface area contributed by atoms with Crippen LogP contribution in [0.4, 0.5) is 5.69 Å². The number of rotatable bonds is 2. The summed E-state index contributed by atoms with van der Waals surface area (Å²) in [6, 6.07) is 5.95. The Bertz CT molecular complexity index is 535. The largest absolute Gasteiger partial charge is 0.389 e. The van der Waals surface area contributed by atoms with Gasteiger partial charge < -0.3 is 15.5 Å². The third kappa shape index (κ3) is 3.30. The molecule has 0 radical (unpaired) electrons. The predicted molar refractivity (Wildman–Crippen MR) is 89.1 cm³/mol. The fraction of sp³-hybridized carbons (Fsp3) is 0.429. The number of carbonyl (C=O) groups is 1. The van der Waals surface area contributed by atoms with E-state index in [1.54, 1.807) is 6.92 Å². The van der Waals surface area contributed by atoms with Gasteiger partial charge in [-0.15, -0.1) is 0 Å². The van der Waals surface area contributed by atoms with Crippen LogP contribution in [-0.2, 0) is 4.79 Å². The smallest absolute Gasteiger partial charge is 0.219 e. The number of nitrogens with two attached hydrogens (primary N) is 1. The summed E-state index contributed by atoms with van der Waals surface area (Å²) in [6.07, 6.45) is 0.947. The second kappa shape index (κ2) is 6.54. The zero-order chi connectivity index (χ0) is 14.7. The van der Waals surface area contributed by atoms with Crippen molar-refractivity contribution in [2.75, 3.05) is 31.1 Å². The van der Waals surface area contributed by atoms with Crippen molar-refractivity contribution in [3.8, 4) is 0 Å². The highest BCUT2D eigenvalue weighted by Gasteiger charge is 2.20. The first-order chi connectivity index (χ1) is 9.50. The third-order valence-corrected chi connectivity index (χ3v) is 4.38. The molecule has 1 aromatic rings. The summed E-state index contributed by atoms with van der Waals surface area (Å²) in [5.41, 5.74) is 7.76. The van der Waals surface area contributed by atoms with Crippen molar-refractivity contribution in [1.29, 1.82) is 0 Å². The number of hydrogen-bond donors (Lipinski definition) is 1. The van der Waals surface area contributed by atoms with E-state index in [4.69, 9.17) is 18.0 Å². The average molecular weight is 356 g/mol. The van der Waals surface area contributed by atoms with Gasteiger partial charge in [0.25, 0.3) is 0 Å². The molecular formula is C14H18BrN3OS. The van der Waals surface area contributed by atoms with Crippen molar-refractivity contribution in [1.82, 2.24) is 4.90 Å². The number of nitrogens with zero attached hydrogens (tertiary/aromatic N) is 2. The minimum atomic E-state index is 0.135. The number of halogens is 1. The van der Waals surface area contributed by atoms with Gasteiger partial charge >= 0.3 is 0 Å². The molecule has 1 aliphatic heterocycles. The molecule has 2 N–H and O–H groups in total. The van der Waals surface area contributed by atoms with Gasteiger partial charge in [0.05, 0.1) is 0 Å². The van der Waals surface area contributed by atoms with Crippen molar-refractivity contribution in [3.63, 3.8) is 0 Å². The van der Waals surface area contributed by atoms with Crippen LogP contribution in [0, 0.1) is 0 Å². The van der Waals surface area contributed by atoms with Crippen LogP contribution < -0.4 is 10.6 Å². The van der Waals surface area contributed by atoms with E-state index < -0.39 is 0 Å². The van der Waals surface area contributed by atoms with Crippen molar-refractivity contribution in [2.45, 2.75) is 13.3 Å². The van der Waals surface area contributed by atoms with Crippen molar-refractivity contribution in [2.24, 2.45) is 5.73 Å². The number of carbonyl (C=O) groups excluding carboxylic acids is 1. The van der Waals surface area contributed by atoms with Gasteiger partial charge in [0, 0.05) is 48.8 Å². The zero-order valence-corrected chi connectivity index (χ0v) is 13.8. The summed E-state index contributed by atoms with van der Waals surface area (Å²) >= 11 is 8.67. The van der Waals surface area contributed by atoms with E-state index >= 15 is 0 Å². The molecule has 4 nitrogen and oxygen atoms in total. The van der Waals surface area contributed by atoms with Gasteiger partial charge in [-0.05, 0) is 34.5 Å². The van der Waals surface area contributed by atoms with Gasteiger partial charge in [-0.2, -0.15) is 0 Å². The van der Waals surface area contributed by atoms with Crippen LogP contribution in [0.25, 0.3) is 0 Å². The maximum atomic E-state index is 11.5. The first-order valence-electron chi connectivity index (χ1n) is 6.59. The van der Waals surface area contributed by atoms with Crippen molar-refractivity contribution in [3.05, 3.63) is 28.2 Å². The lowest BCUT2D eigenvalue weighted by atomic mass is 10.1. The second-order valence-electron chi connectivity index (χ2n) is 4.84. The lowest BCUT2D eigenvalue weighted by molar-refractivity contribution is -0.128. The van der Waals surface area contributed by atoms with E-state index in [0.717, 1.165) is 48.3 Å². The minimum absolute atomic E-state index is 0.135. The van der Waals surface area contributed by atoms with Crippen molar-refractivity contribution < 1.29 is 4.79 Å². The van der Waals surface area contributed by atoms with Crippen LogP contribution in [0.15, 0.2) is 22.7 Å². The molecule has 6 heteroatoms. The first-order valence-corrected chi connectivity index (χ1v) is 7.79. The Hall–Kier alpha value is -1.14. The number of amides is 1. The minimum Gasteiger partial charge on any atom is -0.389 e. The van der Waals surface area contributed by atoms with Gasteiger partial charge in [-0.3, -0.25) is 4.79 Å². The van der Waals surface area contributed by atoms with E-state index in [-0.39, 0.29) is 5.91 Å². The SMILES string of the molecule is CC(=O)N1CCCN(c2cccc(Br)c2C(N)=S)CC1. The molecule has 2 rings (SSSR count). The molecular weight excluding hydrogens is 338 g/mol. The van der Waals surface area contributed by atoms with Gasteiger partial charge in [-0.25, -0.2) is 0 Å². The number of benzene rings is 1. The maximum Gasteiger partial charge on any atom is 0.219 e. The van der Waals surface area contributed by atoms with Crippen LogP contribution in [0.5, 0.6) is 0 Å².